The molecule has 1 aliphatic rings. The number of methoxy groups -OCH3 is 1. The standard InChI is InChI=1S/C11H22N8O/c1-18-4-5-19(2)8(7-18)6-13-9-14-10(17-12)16-11(15-9)20-3/h8H,4-7,12H2,1-3H3,(H2,13,14,15,16,17). The molecule has 1 aromatic heterocycles. The van der Waals surface area contributed by atoms with E-state index < -0.39 is 0 Å². The number of anilines is 2. The molecule has 0 aliphatic carbocycles. The number of nitrogens with two attached hydrogens (primary N) is 1. The second-order valence-corrected chi connectivity index (χ2v) is 4.89. The van der Waals surface area contributed by atoms with Crippen LogP contribution in [-0.2, 0) is 0 Å². The number of hydrogen-bond donors (Lipinski definition) is 3. The van der Waals surface area contributed by atoms with Crippen LogP contribution in [0.1, 0.15) is 0 Å². The van der Waals surface area contributed by atoms with Gasteiger partial charge in [0, 0.05) is 32.2 Å². The summed E-state index contributed by atoms with van der Waals surface area (Å²) < 4.78 is 5.01. The minimum Gasteiger partial charge on any atom is -0.467 e. The number of nitrogens with one attached hydrogen (secondary N) is 2. The van der Waals surface area contributed by atoms with Gasteiger partial charge in [0.25, 0.3) is 0 Å². The van der Waals surface area contributed by atoms with Gasteiger partial charge in [-0.15, -0.1) is 0 Å². The van der Waals surface area contributed by atoms with Crippen molar-refractivity contribution in [1.29, 1.82) is 0 Å². The van der Waals surface area contributed by atoms with Gasteiger partial charge in [-0.25, -0.2) is 5.84 Å². The molecule has 0 amide bonds. The Hall–Kier alpha value is -1.71. The molecule has 0 aromatic carbocycles. The predicted octanol–water partition coefficient (Wildman–Crippen LogP) is -1.18. The Bertz CT molecular complexity index is 420. The van der Waals surface area contributed by atoms with Crippen LogP contribution in [0, 0.1) is 0 Å². The quantitative estimate of drug-likeness (QED) is 0.455. The largest absolute Gasteiger partial charge is 0.467 e. The van der Waals surface area contributed by atoms with E-state index in [0.29, 0.717) is 12.0 Å². The van der Waals surface area contributed by atoms with Crippen LogP contribution in [0.15, 0.2) is 0 Å². The van der Waals surface area contributed by atoms with Gasteiger partial charge in [0.05, 0.1) is 7.11 Å². The van der Waals surface area contributed by atoms with Crippen LogP contribution in [0.25, 0.3) is 0 Å². The average Bonchev–Trinajstić information content (AvgIpc) is 2.47. The second-order valence-electron chi connectivity index (χ2n) is 4.89. The van der Waals surface area contributed by atoms with E-state index >= 15 is 0 Å². The van der Waals surface area contributed by atoms with Crippen molar-refractivity contribution in [2.45, 2.75) is 6.04 Å². The van der Waals surface area contributed by atoms with Crippen LogP contribution < -0.4 is 21.3 Å². The van der Waals surface area contributed by atoms with E-state index in [1.54, 1.807) is 0 Å². The first kappa shape index (κ1) is 14.7. The summed E-state index contributed by atoms with van der Waals surface area (Å²) in [7, 11) is 5.76. The summed E-state index contributed by atoms with van der Waals surface area (Å²) in [6, 6.07) is 0.635. The van der Waals surface area contributed by atoms with E-state index in [1.807, 2.05) is 0 Å². The van der Waals surface area contributed by atoms with Gasteiger partial charge in [-0.3, -0.25) is 10.3 Å². The Labute approximate surface area is 118 Å². The maximum absolute atomic E-state index is 5.32. The van der Waals surface area contributed by atoms with Gasteiger partial charge < -0.3 is 15.0 Å². The number of hydrogen-bond acceptors (Lipinski definition) is 9. The van der Waals surface area contributed by atoms with Crippen molar-refractivity contribution in [2.75, 3.05) is 58.1 Å². The summed E-state index contributed by atoms with van der Waals surface area (Å²) in [5.41, 5.74) is 2.39. The van der Waals surface area contributed by atoms with E-state index in [0.717, 1.165) is 26.2 Å². The highest BCUT2D eigenvalue weighted by Gasteiger charge is 2.22. The molecule has 1 unspecified atom stereocenters. The molecule has 9 heteroatoms. The Kier molecular flexibility index (Phi) is 4.88. The summed E-state index contributed by atoms with van der Waals surface area (Å²) in [6.07, 6.45) is 0. The van der Waals surface area contributed by atoms with E-state index in [1.165, 1.54) is 7.11 Å². The topological polar surface area (TPSA) is 104 Å². The molecule has 9 nitrogen and oxygen atoms in total. The molecule has 1 aromatic rings. The maximum Gasteiger partial charge on any atom is 0.322 e. The number of ether oxygens (including phenoxy) is 1. The highest BCUT2D eigenvalue weighted by atomic mass is 16.5. The fourth-order valence-corrected chi connectivity index (χ4v) is 2.12. The molecule has 1 aliphatic heterocycles. The van der Waals surface area contributed by atoms with Gasteiger partial charge in [-0.1, -0.05) is 0 Å². The molecule has 2 rings (SSSR count). The predicted molar refractivity (Wildman–Crippen MR) is 76.6 cm³/mol. The zero-order chi connectivity index (χ0) is 14.5. The minimum atomic E-state index is 0.226. The summed E-state index contributed by atoms with van der Waals surface area (Å²) in [6.45, 7) is 3.90. The normalized spacial score (nSPS) is 20.7. The van der Waals surface area contributed by atoms with E-state index in [2.05, 4.69) is 49.6 Å². The molecule has 0 saturated carbocycles. The second kappa shape index (κ2) is 6.64. The Morgan fingerprint density at radius 1 is 1.25 bits per heavy atom. The van der Waals surface area contributed by atoms with Crippen molar-refractivity contribution in [2.24, 2.45) is 5.84 Å². The van der Waals surface area contributed by atoms with Gasteiger partial charge in [0.15, 0.2) is 0 Å². The molecule has 0 bridgehead atoms. The van der Waals surface area contributed by atoms with Crippen LogP contribution >= 0.6 is 0 Å². The number of nitrogen functional groups attached to an aromatic ring is 1. The monoisotopic (exact) mass is 282 g/mol. The first-order valence-electron chi connectivity index (χ1n) is 6.51. The van der Waals surface area contributed by atoms with Crippen LogP contribution in [0.5, 0.6) is 6.01 Å². The van der Waals surface area contributed by atoms with Crippen molar-refractivity contribution < 1.29 is 4.74 Å². The molecule has 4 N–H and O–H groups in total. The first-order valence-corrected chi connectivity index (χ1v) is 6.51. The number of rotatable bonds is 5. The number of aromatic nitrogens is 3. The molecule has 1 fully saturated rings. The minimum absolute atomic E-state index is 0.226. The molecular formula is C11H22N8O. The Morgan fingerprint density at radius 3 is 2.70 bits per heavy atom. The van der Waals surface area contributed by atoms with Crippen LogP contribution in [0.2, 0.25) is 0 Å². The van der Waals surface area contributed by atoms with Crippen LogP contribution in [0.3, 0.4) is 0 Å². The first-order chi connectivity index (χ1) is 9.62. The molecule has 0 spiro atoms. The van der Waals surface area contributed by atoms with Crippen molar-refractivity contribution in [1.82, 2.24) is 24.8 Å². The smallest absolute Gasteiger partial charge is 0.322 e. The lowest BCUT2D eigenvalue weighted by Crippen LogP contribution is -2.52. The summed E-state index contributed by atoms with van der Waals surface area (Å²) in [5, 5.41) is 3.21. The number of hydrazine groups is 1. The van der Waals surface area contributed by atoms with Crippen molar-refractivity contribution in [3.8, 4) is 6.01 Å². The molecule has 20 heavy (non-hydrogen) atoms. The van der Waals surface area contributed by atoms with Gasteiger partial charge in [-0.05, 0) is 14.1 Å². The number of nitrogens with zero attached hydrogens (tertiary/aromatic N) is 5. The summed E-state index contributed by atoms with van der Waals surface area (Å²) in [5.74, 6) is 6.04. The van der Waals surface area contributed by atoms with E-state index in [4.69, 9.17) is 10.6 Å². The lowest BCUT2D eigenvalue weighted by Gasteiger charge is -2.37. The molecule has 112 valence electrons. The lowest BCUT2D eigenvalue weighted by molar-refractivity contribution is 0.121. The fraction of sp³-hybridized carbons (Fsp3) is 0.727. The summed E-state index contributed by atoms with van der Waals surface area (Å²) in [4.78, 5) is 16.9. The van der Waals surface area contributed by atoms with E-state index in [-0.39, 0.29) is 12.0 Å². The SMILES string of the molecule is COc1nc(NN)nc(NCC2CN(C)CCN2C)n1. The third kappa shape index (κ3) is 3.65. The summed E-state index contributed by atoms with van der Waals surface area (Å²) >= 11 is 0. The van der Waals surface area contributed by atoms with Crippen LogP contribution in [0.4, 0.5) is 11.9 Å². The third-order valence-electron chi connectivity index (χ3n) is 3.40. The highest BCUT2D eigenvalue weighted by Crippen LogP contribution is 2.11. The number of likely N-dealkylation sites (N-methyl/N-ethyl adjacent to an activating group) is 2. The Balaban J connectivity index is 1.99. The zero-order valence-electron chi connectivity index (χ0n) is 12.1. The maximum atomic E-state index is 5.32. The van der Waals surface area contributed by atoms with Crippen LogP contribution in [-0.4, -0.2) is 78.2 Å². The Morgan fingerprint density at radius 2 is 2.00 bits per heavy atom. The average molecular weight is 282 g/mol. The fourth-order valence-electron chi connectivity index (χ4n) is 2.12. The lowest BCUT2D eigenvalue weighted by atomic mass is 10.2. The zero-order valence-corrected chi connectivity index (χ0v) is 12.1. The molecule has 0 radical (unpaired) electrons. The van der Waals surface area contributed by atoms with Crippen molar-refractivity contribution in [3.63, 3.8) is 0 Å². The van der Waals surface area contributed by atoms with Crippen molar-refractivity contribution in [3.05, 3.63) is 0 Å². The number of piperazine rings is 1. The molecule has 2 heterocycles. The molecule has 1 saturated heterocycles. The van der Waals surface area contributed by atoms with Gasteiger partial charge >= 0.3 is 6.01 Å². The van der Waals surface area contributed by atoms with E-state index in [9.17, 15) is 0 Å². The van der Waals surface area contributed by atoms with Crippen molar-refractivity contribution >= 4 is 11.9 Å². The third-order valence-corrected chi connectivity index (χ3v) is 3.40. The molecule has 1 atom stereocenters. The molecular weight excluding hydrogens is 260 g/mol. The highest BCUT2D eigenvalue weighted by molar-refractivity contribution is 5.35. The van der Waals surface area contributed by atoms with Gasteiger partial charge in [0.2, 0.25) is 11.9 Å². The van der Waals surface area contributed by atoms with Gasteiger partial charge in [-0.2, -0.15) is 15.0 Å². The van der Waals surface area contributed by atoms with Gasteiger partial charge in [0.1, 0.15) is 0 Å².